The summed E-state index contributed by atoms with van der Waals surface area (Å²) >= 11 is 0.673. The van der Waals surface area contributed by atoms with Crippen LogP contribution in [0, 0.1) is 0 Å². The van der Waals surface area contributed by atoms with Crippen molar-refractivity contribution >= 4 is 31.4 Å². The molecule has 0 radical (unpaired) electrons. The Balaban J connectivity index is 1.76. The number of aliphatic hydroxyl groups excluding tert-OH is 1. The van der Waals surface area contributed by atoms with Crippen molar-refractivity contribution in [3.8, 4) is 0 Å². The number of aliphatic hydroxyl groups is 1. The van der Waals surface area contributed by atoms with Crippen LogP contribution in [0.2, 0.25) is 0 Å². The first-order valence-corrected chi connectivity index (χ1v) is 13.5. The molecule has 1 fully saturated rings. The van der Waals surface area contributed by atoms with Gasteiger partial charge in [-0.2, -0.15) is 4.31 Å². The number of sulfonamides is 2. The molecule has 2 aliphatic rings. The van der Waals surface area contributed by atoms with E-state index < -0.39 is 31.7 Å². The van der Waals surface area contributed by atoms with E-state index in [0.717, 1.165) is 13.1 Å². The summed E-state index contributed by atoms with van der Waals surface area (Å²) in [7, 11) is -7.78. The largest absolute Gasteiger partial charge is 0.387 e. The van der Waals surface area contributed by atoms with Crippen LogP contribution in [0.15, 0.2) is 26.6 Å². The summed E-state index contributed by atoms with van der Waals surface area (Å²) < 4.78 is 60.0. The molecule has 1 unspecified atom stereocenters. The lowest BCUT2D eigenvalue weighted by Gasteiger charge is -2.28. The second-order valence-electron chi connectivity index (χ2n) is 8.39. The van der Waals surface area contributed by atoms with E-state index in [1.807, 2.05) is 6.08 Å². The van der Waals surface area contributed by atoms with E-state index in [9.17, 15) is 21.9 Å². The Kier molecular flexibility index (Phi) is 7.09. The van der Waals surface area contributed by atoms with Crippen molar-refractivity contribution in [2.45, 2.75) is 40.8 Å². The van der Waals surface area contributed by atoms with Crippen LogP contribution < -0.4 is 4.72 Å². The summed E-state index contributed by atoms with van der Waals surface area (Å²) in [5.74, 6) is 0. The van der Waals surface area contributed by atoms with Gasteiger partial charge in [0.1, 0.15) is 8.42 Å². The summed E-state index contributed by atoms with van der Waals surface area (Å²) in [6, 6.07) is 1.27. The van der Waals surface area contributed by atoms with E-state index in [0.29, 0.717) is 31.1 Å². The Bertz CT molecular complexity index is 989. The Morgan fingerprint density at radius 3 is 2.53 bits per heavy atom. The molecule has 0 saturated carbocycles. The summed E-state index contributed by atoms with van der Waals surface area (Å²) in [5.41, 5.74) is -0.569. The van der Waals surface area contributed by atoms with Crippen molar-refractivity contribution in [1.82, 2.24) is 13.9 Å². The summed E-state index contributed by atoms with van der Waals surface area (Å²) in [5, 5.41) is 10.5. The van der Waals surface area contributed by atoms with Gasteiger partial charge in [0, 0.05) is 43.8 Å². The van der Waals surface area contributed by atoms with Gasteiger partial charge in [0.05, 0.1) is 19.3 Å². The molecule has 0 spiro atoms. The molecule has 3 heterocycles. The topological polar surface area (TPSA) is 116 Å². The van der Waals surface area contributed by atoms with Crippen LogP contribution in [0.3, 0.4) is 0 Å². The van der Waals surface area contributed by atoms with Crippen molar-refractivity contribution in [2.75, 3.05) is 45.9 Å². The fraction of sp³-hybridized carbons (Fsp3) is 0.667. The van der Waals surface area contributed by atoms with E-state index in [2.05, 4.69) is 9.62 Å². The fourth-order valence-electron chi connectivity index (χ4n) is 3.26. The molecule has 0 aliphatic carbocycles. The summed E-state index contributed by atoms with van der Waals surface area (Å²) in [6.45, 7) is 8.87. The quantitative estimate of drug-likeness (QED) is 0.579. The van der Waals surface area contributed by atoms with Gasteiger partial charge in [0.25, 0.3) is 20.0 Å². The fourth-order valence-corrected chi connectivity index (χ4v) is 8.46. The standard InChI is InChI=1S/C18H29N3O6S3/c1-18(2,3)19-29(23,24)16-12-14-15(22)13-21(30(25,26)17(14)28-16)7-5-4-6-20-8-10-27-11-9-20/h4-5,12,15,19,22H,6-11,13H2,1-3H3/b5-4+. The Morgan fingerprint density at radius 2 is 1.90 bits per heavy atom. The summed E-state index contributed by atoms with van der Waals surface area (Å²) in [6.07, 6.45) is 2.59. The zero-order valence-electron chi connectivity index (χ0n) is 17.4. The third kappa shape index (κ3) is 5.49. The minimum atomic E-state index is -3.89. The van der Waals surface area contributed by atoms with Crippen LogP contribution in [0.1, 0.15) is 32.4 Å². The van der Waals surface area contributed by atoms with Crippen LogP contribution in [-0.4, -0.2) is 82.6 Å². The van der Waals surface area contributed by atoms with E-state index in [1.165, 1.54) is 10.4 Å². The molecule has 9 nitrogen and oxygen atoms in total. The summed E-state index contributed by atoms with van der Waals surface area (Å²) in [4.78, 5) is 2.20. The average Bonchev–Trinajstić information content (AvgIpc) is 3.10. The highest BCUT2D eigenvalue weighted by molar-refractivity contribution is 7.94. The number of fused-ring (bicyclic) bond motifs is 1. The second kappa shape index (κ2) is 8.94. The molecular weight excluding hydrogens is 450 g/mol. The van der Waals surface area contributed by atoms with Crippen molar-refractivity contribution in [2.24, 2.45) is 0 Å². The van der Waals surface area contributed by atoms with Gasteiger partial charge in [-0.1, -0.05) is 12.2 Å². The molecule has 3 rings (SSSR count). The number of thiophene rings is 1. The number of nitrogens with zero attached hydrogens (tertiary/aromatic N) is 2. The molecule has 1 saturated heterocycles. The molecule has 170 valence electrons. The first-order valence-electron chi connectivity index (χ1n) is 9.71. The minimum absolute atomic E-state index is 0.111. The molecule has 0 amide bonds. The first-order chi connectivity index (χ1) is 13.9. The van der Waals surface area contributed by atoms with Crippen LogP contribution in [0.4, 0.5) is 0 Å². The second-order valence-corrected chi connectivity index (χ2v) is 13.5. The van der Waals surface area contributed by atoms with Gasteiger partial charge in [-0.15, -0.1) is 11.3 Å². The molecule has 1 aromatic heterocycles. The first kappa shape index (κ1) is 23.8. The van der Waals surface area contributed by atoms with Gasteiger partial charge in [-0.05, 0) is 26.8 Å². The van der Waals surface area contributed by atoms with Gasteiger partial charge in [-0.25, -0.2) is 21.6 Å². The van der Waals surface area contributed by atoms with E-state index in [1.54, 1.807) is 26.8 Å². The van der Waals surface area contributed by atoms with Crippen LogP contribution in [0.5, 0.6) is 0 Å². The number of rotatable bonds is 6. The Hall–Kier alpha value is -0.860. The molecule has 1 atom stereocenters. The number of morpholine rings is 1. The highest BCUT2D eigenvalue weighted by Crippen LogP contribution is 2.40. The zero-order chi connectivity index (χ0) is 22.2. The van der Waals surface area contributed by atoms with Gasteiger partial charge >= 0.3 is 0 Å². The van der Waals surface area contributed by atoms with E-state index >= 15 is 0 Å². The highest BCUT2D eigenvalue weighted by Gasteiger charge is 2.39. The Morgan fingerprint density at radius 1 is 1.27 bits per heavy atom. The smallest absolute Gasteiger partial charge is 0.253 e. The number of hydrogen-bond donors (Lipinski definition) is 2. The molecule has 1 aromatic rings. The van der Waals surface area contributed by atoms with Gasteiger partial charge in [-0.3, -0.25) is 4.90 Å². The van der Waals surface area contributed by atoms with E-state index in [-0.39, 0.29) is 27.1 Å². The highest BCUT2D eigenvalue weighted by atomic mass is 32.3. The lowest BCUT2D eigenvalue weighted by molar-refractivity contribution is 0.0434. The number of ether oxygens (including phenoxy) is 1. The van der Waals surface area contributed by atoms with Crippen molar-refractivity contribution in [3.63, 3.8) is 0 Å². The zero-order valence-corrected chi connectivity index (χ0v) is 19.8. The Labute approximate surface area is 182 Å². The van der Waals surface area contributed by atoms with E-state index in [4.69, 9.17) is 4.74 Å². The third-order valence-electron chi connectivity index (χ3n) is 4.66. The SMILES string of the molecule is CC(C)(C)NS(=O)(=O)c1cc2c(s1)S(=O)(=O)N(C/C=C/CN1CCOCC1)CC2O. The maximum atomic E-state index is 13.0. The van der Waals surface area contributed by atoms with Gasteiger partial charge < -0.3 is 9.84 Å². The van der Waals surface area contributed by atoms with Gasteiger partial charge in [0.2, 0.25) is 0 Å². The van der Waals surface area contributed by atoms with Crippen molar-refractivity contribution in [1.29, 1.82) is 0 Å². The van der Waals surface area contributed by atoms with Crippen LogP contribution >= 0.6 is 11.3 Å². The molecule has 0 aromatic carbocycles. The maximum Gasteiger partial charge on any atom is 0.253 e. The van der Waals surface area contributed by atoms with Crippen LogP contribution in [-0.2, 0) is 24.8 Å². The monoisotopic (exact) mass is 479 g/mol. The minimum Gasteiger partial charge on any atom is -0.387 e. The van der Waals surface area contributed by atoms with Crippen LogP contribution in [0.25, 0.3) is 0 Å². The molecule has 12 heteroatoms. The lowest BCUT2D eigenvalue weighted by atomic mass is 10.1. The predicted octanol–water partition coefficient (Wildman–Crippen LogP) is 0.751. The predicted molar refractivity (Wildman–Crippen MR) is 115 cm³/mol. The number of hydrogen-bond acceptors (Lipinski definition) is 8. The maximum absolute atomic E-state index is 13.0. The molecule has 0 bridgehead atoms. The average molecular weight is 480 g/mol. The number of β-amino-alcohol motifs (C(OH)–C–C–N with tert-alkyl or cyclic N) is 1. The normalized spacial score (nSPS) is 23.7. The van der Waals surface area contributed by atoms with Gasteiger partial charge in [0.15, 0.2) is 0 Å². The number of nitrogens with one attached hydrogen (secondary N) is 1. The molecule has 30 heavy (non-hydrogen) atoms. The van der Waals surface area contributed by atoms with Crippen molar-refractivity contribution < 1.29 is 26.7 Å². The molecule has 2 aliphatic heterocycles. The third-order valence-corrected chi connectivity index (χ3v) is 10.4. The molecular formula is C18H29N3O6S3. The van der Waals surface area contributed by atoms with Crippen molar-refractivity contribution in [3.05, 3.63) is 23.8 Å². The molecule has 2 N–H and O–H groups in total. The lowest BCUT2D eigenvalue weighted by Crippen LogP contribution is -2.40.